The summed E-state index contributed by atoms with van der Waals surface area (Å²) in [5.74, 6) is 0. The van der Waals surface area contributed by atoms with Gasteiger partial charge in [-0.1, -0.05) is 93.6 Å². The fourth-order valence-corrected chi connectivity index (χ4v) is 8.32. The van der Waals surface area contributed by atoms with Crippen LogP contribution in [-0.4, -0.2) is 26.1 Å². The van der Waals surface area contributed by atoms with Crippen LogP contribution in [0.1, 0.15) is 47.0 Å². The molecule has 0 spiro atoms. The average molecular weight is 383 g/mol. The van der Waals surface area contributed by atoms with Gasteiger partial charge in [0.1, 0.15) is 0 Å². The van der Waals surface area contributed by atoms with Crippen molar-refractivity contribution < 1.29 is 9.53 Å². The van der Waals surface area contributed by atoms with Gasteiger partial charge in [-0.25, -0.2) is 0 Å². The van der Waals surface area contributed by atoms with Crippen molar-refractivity contribution in [1.82, 2.24) is 0 Å². The van der Waals surface area contributed by atoms with E-state index in [9.17, 15) is 5.11 Å². The van der Waals surface area contributed by atoms with Gasteiger partial charge in [0.25, 0.3) is 8.32 Å². The predicted molar refractivity (Wildman–Crippen MR) is 118 cm³/mol. The summed E-state index contributed by atoms with van der Waals surface area (Å²) in [4.78, 5) is 0. The summed E-state index contributed by atoms with van der Waals surface area (Å²) < 4.78 is 6.83. The Hall–Kier alpha value is -1.68. The molecule has 0 unspecified atom stereocenters. The highest BCUT2D eigenvalue weighted by Gasteiger charge is 2.49. The maximum atomic E-state index is 10.1. The molecule has 0 amide bonds. The monoisotopic (exact) mass is 382 g/mol. The van der Waals surface area contributed by atoms with Crippen LogP contribution in [0.5, 0.6) is 0 Å². The molecule has 2 aromatic carbocycles. The second-order valence-corrected chi connectivity index (χ2v) is 12.4. The number of benzene rings is 2. The van der Waals surface area contributed by atoms with Gasteiger partial charge in [-0.2, -0.15) is 0 Å². The first-order valence-corrected chi connectivity index (χ1v) is 11.9. The second kappa shape index (κ2) is 10.0. The van der Waals surface area contributed by atoms with E-state index < -0.39 is 8.32 Å². The molecule has 0 aliphatic heterocycles. The zero-order valence-electron chi connectivity index (χ0n) is 17.2. The summed E-state index contributed by atoms with van der Waals surface area (Å²) in [6.45, 7) is 9.53. The van der Waals surface area contributed by atoms with Crippen molar-refractivity contribution in [3.63, 3.8) is 0 Å². The van der Waals surface area contributed by atoms with Gasteiger partial charge in [-0.05, 0) is 41.6 Å². The Labute approximate surface area is 166 Å². The summed E-state index contributed by atoms with van der Waals surface area (Å²) in [6, 6.07) is 21.4. The number of rotatable bonds is 9. The van der Waals surface area contributed by atoms with E-state index in [1.165, 1.54) is 10.4 Å². The number of allylic oxidation sites excluding steroid dienone is 1. The van der Waals surface area contributed by atoms with Gasteiger partial charge in [0.05, 0.1) is 6.10 Å². The van der Waals surface area contributed by atoms with Crippen LogP contribution >= 0.6 is 0 Å². The van der Waals surface area contributed by atoms with Gasteiger partial charge < -0.3 is 9.53 Å². The molecule has 0 bridgehead atoms. The largest absolute Gasteiger partial charge is 0.407 e. The molecule has 0 aromatic heterocycles. The first-order valence-electron chi connectivity index (χ1n) is 9.96. The number of aliphatic hydroxyl groups is 1. The standard InChI is InChI=1S/C24H34O2Si/c1-5-6-14-21(25)15-13-20-26-27(24(2,3)4,22-16-9-7-10-17-22)23-18-11-8-12-19-23/h5-12,16-19,21,25H,13-15,20H2,1-4H3/b6-5+/t21-/m1/s1. The first kappa shape index (κ1) is 21.6. The molecular formula is C24H34O2Si. The highest BCUT2D eigenvalue weighted by atomic mass is 28.4. The molecule has 2 nitrogen and oxygen atoms in total. The molecule has 0 radical (unpaired) electrons. The maximum Gasteiger partial charge on any atom is 0.261 e. The van der Waals surface area contributed by atoms with Crippen LogP contribution in [0.15, 0.2) is 72.8 Å². The Bertz CT molecular complexity index is 650. The molecule has 1 atom stereocenters. The molecular weight excluding hydrogens is 348 g/mol. The highest BCUT2D eigenvalue weighted by molar-refractivity contribution is 6.99. The van der Waals surface area contributed by atoms with E-state index in [1.54, 1.807) is 0 Å². The van der Waals surface area contributed by atoms with Crippen molar-refractivity contribution in [3.8, 4) is 0 Å². The van der Waals surface area contributed by atoms with Crippen LogP contribution in [0.25, 0.3) is 0 Å². The van der Waals surface area contributed by atoms with E-state index in [0.717, 1.165) is 19.3 Å². The van der Waals surface area contributed by atoms with E-state index >= 15 is 0 Å². The summed E-state index contributed by atoms with van der Waals surface area (Å²) >= 11 is 0. The topological polar surface area (TPSA) is 29.5 Å². The minimum atomic E-state index is -2.44. The molecule has 2 rings (SSSR count). The fourth-order valence-electron chi connectivity index (χ4n) is 3.72. The predicted octanol–water partition coefficient (Wildman–Crippen LogP) is 4.67. The van der Waals surface area contributed by atoms with Gasteiger partial charge in [-0.3, -0.25) is 0 Å². The Morgan fingerprint density at radius 1 is 0.963 bits per heavy atom. The van der Waals surface area contributed by atoms with Crippen LogP contribution in [0.2, 0.25) is 5.04 Å². The molecule has 0 aliphatic rings. The lowest BCUT2D eigenvalue weighted by molar-refractivity contribution is 0.154. The van der Waals surface area contributed by atoms with Gasteiger partial charge in [0, 0.05) is 6.61 Å². The Morgan fingerprint density at radius 2 is 1.48 bits per heavy atom. The van der Waals surface area contributed by atoms with Crippen molar-refractivity contribution in [2.24, 2.45) is 0 Å². The lowest BCUT2D eigenvalue weighted by atomic mass is 10.1. The molecule has 27 heavy (non-hydrogen) atoms. The van der Waals surface area contributed by atoms with E-state index in [0.29, 0.717) is 6.61 Å². The number of hydrogen-bond donors (Lipinski definition) is 1. The fraction of sp³-hybridized carbons (Fsp3) is 0.417. The van der Waals surface area contributed by atoms with Crippen LogP contribution < -0.4 is 10.4 Å². The molecule has 0 heterocycles. The van der Waals surface area contributed by atoms with Crippen molar-refractivity contribution in [2.45, 2.75) is 58.1 Å². The van der Waals surface area contributed by atoms with Crippen molar-refractivity contribution >= 4 is 18.7 Å². The minimum Gasteiger partial charge on any atom is -0.407 e. The Morgan fingerprint density at radius 3 is 1.93 bits per heavy atom. The first-order chi connectivity index (χ1) is 12.9. The molecule has 1 N–H and O–H groups in total. The Balaban J connectivity index is 2.27. The van der Waals surface area contributed by atoms with Crippen molar-refractivity contribution in [1.29, 1.82) is 0 Å². The third-order valence-corrected chi connectivity index (χ3v) is 10.1. The molecule has 146 valence electrons. The lowest BCUT2D eigenvalue weighted by Gasteiger charge is -2.43. The molecule has 0 saturated carbocycles. The summed E-state index contributed by atoms with van der Waals surface area (Å²) in [5.41, 5.74) is 0. The van der Waals surface area contributed by atoms with E-state index in [1.807, 2.05) is 19.1 Å². The SMILES string of the molecule is C/C=C/C[C@@H](O)CCCO[Si](c1ccccc1)(c1ccccc1)C(C)(C)C. The van der Waals surface area contributed by atoms with Crippen molar-refractivity contribution in [2.75, 3.05) is 6.61 Å². The van der Waals surface area contributed by atoms with E-state index in [-0.39, 0.29) is 11.1 Å². The van der Waals surface area contributed by atoms with Gasteiger partial charge in [0.2, 0.25) is 0 Å². The summed E-state index contributed by atoms with van der Waals surface area (Å²) in [6.07, 6.45) is 6.07. The molecule has 2 aromatic rings. The highest BCUT2D eigenvalue weighted by Crippen LogP contribution is 2.36. The van der Waals surface area contributed by atoms with Crippen LogP contribution in [0, 0.1) is 0 Å². The molecule has 0 fully saturated rings. The average Bonchev–Trinajstić information content (AvgIpc) is 2.67. The maximum absolute atomic E-state index is 10.1. The third-order valence-electron chi connectivity index (χ3n) is 5.06. The number of aliphatic hydroxyl groups excluding tert-OH is 1. The number of hydrogen-bond acceptors (Lipinski definition) is 2. The summed E-state index contributed by atoms with van der Waals surface area (Å²) in [5, 5.41) is 12.7. The van der Waals surface area contributed by atoms with Crippen LogP contribution in [0.3, 0.4) is 0 Å². The normalized spacial score (nSPS) is 13.8. The van der Waals surface area contributed by atoms with Gasteiger partial charge in [-0.15, -0.1) is 0 Å². The Kier molecular flexibility index (Phi) is 8.02. The zero-order valence-corrected chi connectivity index (χ0v) is 18.2. The molecule has 3 heteroatoms. The summed E-state index contributed by atoms with van der Waals surface area (Å²) in [7, 11) is -2.44. The lowest BCUT2D eigenvalue weighted by Crippen LogP contribution is -2.66. The van der Waals surface area contributed by atoms with Gasteiger partial charge >= 0.3 is 0 Å². The quantitative estimate of drug-likeness (QED) is 0.388. The molecule has 0 aliphatic carbocycles. The zero-order chi connectivity index (χ0) is 19.8. The van der Waals surface area contributed by atoms with Gasteiger partial charge in [0.15, 0.2) is 0 Å². The van der Waals surface area contributed by atoms with Crippen LogP contribution in [0.4, 0.5) is 0 Å². The smallest absolute Gasteiger partial charge is 0.261 e. The third kappa shape index (κ3) is 5.41. The molecule has 0 saturated heterocycles. The minimum absolute atomic E-state index is 0.000723. The van der Waals surface area contributed by atoms with E-state index in [2.05, 4.69) is 81.4 Å². The van der Waals surface area contributed by atoms with Crippen LogP contribution in [-0.2, 0) is 4.43 Å². The second-order valence-electron chi connectivity index (χ2n) is 8.11. The van der Waals surface area contributed by atoms with Crippen molar-refractivity contribution in [3.05, 3.63) is 72.8 Å². The van der Waals surface area contributed by atoms with E-state index in [4.69, 9.17) is 4.43 Å².